The molecule has 0 bridgehead atoms. The fraction of sp³-hybridized carbons (Fsp3) is 0. The number of pyridine rings is 1. The quantitative estimate of drug-likeness (QED) is 0.847. The van der Waals surface area contributed by atoms with E-state index in [9.17, 15) is 9.18 Å². The van der Waals surface area contributed by atoms with Gasteiger partial charge in [0.15, 0.2) is 0 Å². The molecule has 0 aromatic carbocycles. The zero-order chi connectivity index (χ0) is 10.8. The van der Waals surface area contributed by atoms with Gasteiger partial charge in [-0.1, -0.05) is 0 Å². The van der Waals surface area contributed by atoms with E-state index in [4.69, 9.17) is 5.11 Å². The smallest absolute Gasteiger partial charge is 0.365 e. The first kappa shape index (κ1) is 9.72. The van der Waals surface area contributed by atoms with Gasteiger partial charge in [0.1, 0.15) is 11.5 Å². The van der Waals surface area contributed by atoms with Gasteiger partial charge in [0.2, 0.25) is 5.01 Å². The first-order valence-electron chi connectivity index (χ1n) is 3.97. The van der Waals surface area contributed by atoms with Gasteiger partial charge < -0.3 is 5.11 Å². The van der Waals surface area contributed by atoms with Crippen LogP contribution in [0.1, 0.15) is 9.80 Å². The molecule has 0 aliphatic heterocycles. The van der Waals surface area contributed by atoms with E-state index >= 15 is 0 Å². The third kappa shape index (κ3) is 1.99. The number of carbonyl (C=O) groups is 1. The summed E-state index contributed by atoms with van der Waals surface area (Å²) in [7, 11) is 0. The zero-order valence-corrected chi connectivity index (χ0v) is 8.16. The Labute approximate surface area is 88.1 Å². The molecule has 0 radical (unpaired) electrons. The van der Waals surface area contributed by atoms with E-state index < -0.39 is 11.8 Å². The topological polar surface area (TPSA) is 63.1 Å². The van der Waals surface area contributed by atoms with E-state index in [0.29, 0.717) is 11.4 Å². The standard InChI is InChI=1S/C9H5FN2O2S/c10-5-1-2-6(11-3-5)7-4-15-8(12-7)9(13)14/h1-4H,(H,13,14). The molecule has 76 valence electrons. The van der Waals surface area contributed by atoms with Gasteiger partial charge in [-0.05, 0) is 12.1 Å². The lowest BCUT2D eigenvalue weighted by Crippen LogP contribution is -1.94. The Morgan fingerprint density at radius 2 is 2.20 bits per heavy atom. The molecular weight excluding hydrogens is 219 g/mol. The molecule has 0 aliphatic rings. The minimum Gasteiger partial charge on any atom is -0.476 e. The van der Waals surface area contributed by atoms with E-state index in [-0.39, 0.29) is 5.01 Å². The van der Waals surface area contributed by atoms with Gasteiger partial charge in [-0.2, -0.15) is 0 Å². The Kier molecular flexibility index (Phi) is 2.42. The summed E-state index contributed by atoms with van der Waals surface area (Å²) in [6.45, 7) is 0. The van der Waals surface area contributed by atoms with Crippen LogP contribution in [0.5, 0.6) is 0 Å². The fourth-order valence-electron chi connectivity index (χ4n) is 1.02. The first-order chi connectivity index (χ1) is 7.16. The lowest BCUT2D eigenvalue weighted by Gasteiger charge is -1.93. The number of nitrogens with zero attached hydrogens (tertiary/aromatic N) is 2. The normalized spacial score (nSPS) is 10.2. The molecule has 0 fully saturated rings. The van der Waals surface area contributed by atoms with Gasteiger partial charge in [-0.25, -0.2) is 14.2 Å². The van der Waals surface area contributed by atoms with Crippen LogP contribution in [-0.4, -0.2) is 21.0 Å². The average molecular weight is 224 g/mol. The molecule has 2 aromatic heterocycles. The van der Waals surface area contributed by atoms with Crippen LogP contribution in [-0.2, 0) is 0 Å². The molecule has 0 saturated carbocycles. The van der Waals surface area contributed by atoms with Crippen molar-refractivity contribution in [2.75, 3.05) is 0 Å². The highest BCUT2D eigenvalue weighted by atomic mass is 32.1. The number of halogens is 1. The Bertz CT molecular complexity index is 495. The Balaban J connectivity index is 2.37. The molecular formula is C9H5FN2O2S. The van der Waals surface area contributed by atoms with Crippen LogP contribution < -0.4 is 0 Å². The lowest BCUT2D eigenvalue weighted by atomic mass is 10.3. The van der Waals surface area contributed by atoms with Gasteiger partial charge >= 0.3 is 5.97 Å². The summed E-state index contributed by atoms with van der Waals surface area (Å²) in [6.07, 6.45) is 1.06. The number of thiazole rings is 1. The van der Waals surface area contributed by atoms with Gasteiger partial charge in [0.05, 0.1) is 11.9 Å². The second kappa shape index (κ2) is 3.74. The zero-order valence-electron chi connectivity index (χ0n) is 7.35. The number of hydrogen-bond acceptors (Lipinski definition) is 4. The third-order valence-electron chi connectivity index (χ3n) is 1.68. The summed E-state index contributed by atoms with van der Waals surface area (Å²) < 4.78 is 12.6. The second-order valence-corrected chi connectivity index (χ2v) is 3.56. The van der Waals surface area contributed by atoms with E-state index in [1.807, 2.05) is 0 Å². The van der Waals surface area contributed by atoms with Crippen LogP contribution in [0.25, 0.3) is 11.4 Å². The third-order valence-corrected chi connectivity index (χ3v) is 2.51. The highest BCUT2D eigenvalue weighted by Gasteiger charge is 2.10. The molecule has 0 aliphatic carbocycles. The van der Waals surface area contributed by atoms with Crippen molar-refractivity contribution in [1.82, 2.24) is 9.97 Å². The molecule has 2 rings (SSSR count). The summed E-state index contributed by atoms with van der Waals surface area (Å²) in [5.74, 6) is -1.51. The molecule has 0 saturated heterocycles. The molecule has 0 spiro atoms. The highest BCUT2D eigenvalue weighted by Crippen LogP contribution is 2.19. The SMILES string of the molecule is O=C(O)c1nc(-c2ccc(F)cn2)cs1. The molecule has 4 nitrogen and oxygen atoms in total. The van der Waals surface area contributed by atoms with E-state index in [0.717, 1.165) is 17.5 Å². The Hall–Kier alpha value is -1.82. The maximum atomic E-state index is 12.6. The van der Waals surface area contributed by atoms with Crippen molar-refractivity contribution in [2.24, 2.45) is 0 Å². The predicted molar refractivity (Wildman–Crippen MR) is 52.3 cm³/mol. The van der Waals surface area contributed by atoms with E-state index in [1.54, 1.807) is 5.38 Å². The Morgan fingerprint density at radius 3 is 2.73 bits per heavy atom. The maximum Gasteiger partial charge on any atom is 0.365 e. The molecule has 0 unspecified atom stereocenters. The minimum atomic E-state index is -1.08. The molecule has 2 heterocycles. The van der Waals surface area contributed by atoms with Crippen molar-refractivity contribution in [3.63, 3.8) is 0 Å². The second-order valence-electron chi connectivity index (χ2n) is 2.70. The average Bonchev–Trinajstić information content (AvgIpc) is 2.68. The fourth-order valence-corrected chi connectivity index (χ4v) is 1.67. The number of carboxylic acids is 1. The van der Waals surface area contributed by atoms with Crippen LogP contribution in [0, 0.1) is 5.82 Å². The first-order valence-corrected chi connectivity index (χ1v) is 4.85. The number of aromatic nitrogens is 2. The molecule has 6 heteroatoms. The van der Waals surface area contributed by atoms with Gasteiger partial charge in [-0.3, -0.25) is 4.98 Å². The van der Waals surface area contributed by atoms with Gasteiger partial charge in [0, 0.05) is 5.38 Å². The molecule has 0 atom stereocenters. The molecule has 2 aromatic rings. The Morgan fingerprint density at radius 1 is 1.40 bits per heavy atom. The summed E-state index contributed by atoms with van der Waals surface area (Å²) in [5, 5.41) is 10.2. The van der Waals surface area contributed by atoms with Crippen molar-refractivity contribution in [1.29, 1.82) is 0 Å². The van der Waals surface area contributed by atoms with Crippen LogP contribution in [0.15, 0.2) is 23.7 Å². The summed E-state index contributed by atoms with van der Waals surface area (Å²) in [5.41, 5.74) is 0.901. The van der Waals surface area contributed by atoms with Crippen molar-refractivity contribution in [3.8, 4) is 11.4 Å². The van der Waals surface area contributed by atoms with Gasteiger partial charge in [0.25, 0.3) is 0 Å². The summed E-state index contributed by atoms with van der Waals surface area (Å²) in [4.78, 5) is 18.2. The van der Waals surface area contributed by atoms with Crippen molar-refractivity contribution in [2.45, 2.75) is 0 Å². The van der Waals surface area contributed by atoms with Crippen molar-refractivity contribution < 1.29 is 14.3 Å². The monoisotopic (exact) mass is 224 g/mol. The number of carboxylic acid groups (broad SMARTS) is 1. The number of hydrogen-bond donors (Lipinski definition) is 1. The minimum absolute atomic E-state index is 0.00359. The number of rotatable bonds is 2. The molecule has 15 heavy (non-hydrogen) atoms. The lowest BCUT2D eigenvalue weighted by molar-refractivity contribution is 0.0696. The molecule has 0 amide bonds. The van der Waals surface area contributed by atoms with Crippen LogP contribution in [0.2, 0.25) is 0 Å². The maximum absolute atomic E-state index is 12.6. The van der Waals surface area contributed by atoms with Crippen LogP contribution in [0.4, 0.5) is 4.39 Å². The van der Waals surface area contributed by atoms with Crippen molar-refractivity contribution >= 4 is 17.3 Å². The molecule has 1 N–H and O–H groups in total. The van der Waals surface area contributed by atoms with E-state index in [2.05, 4.69) is 9.97 Å². The van der Waals surface area contributed by atoms with E-state index in [1.165, 1.54) is 12.1 Å². The number of aromatic carboxylic acids is 1. The van der Waals surface area contributed by atoms with Crippen LogP contribution in [0.3, 0.4) is 0 Å². The summed E-state index contributed by atoms with van der Waals surface area (Å²) in [6, 6.07) is 2.71. The van der Waals surface area contributed by atoms with Gasteiger partial charge in [-0.15, -0.1) is 11.3 Å². The van der Waals surface area contributed by atoms with Crippen LogP contribution >= 0.6 is 11.3 Å². The predicted octanol–water partition coefficient (Wildman–Crippen LogP) is 2.04. The summed E-state index contributed by atoms with van der Waals surface area (Å²) >= 11 is 1.01. The highest BCUT2D eigenvalue weighted by molar-refractivity contribution is 7.11. The largest absolute Gasteiger partial charge is 0.476 e. The van der Waals surface area contributed by atoms with Crippen molar-refractivity contribution in [3.05, 3.63) is 34.5 Å².